The average molecular weight is 160 g/mol. The molecule has 0 atom stereocenters. The summed E-state index contributed by atoms with van der Waals surface area (Å²) < 4.78 is 5.17. The third-order valence-electron chi connectivity index (χ3n) is 1.89. The van der Waals surface area contributed by atoms with Gasteiger partial charge in [-0.1, -0.05) is 24.3 Å². The Bertz CT molecular complexity index is 306. The van der Waals surface area contributed by atoms with Gasteiger partial charge in [0.15, 0.2) is 0 Å². The molecule has 0 amide bonds. The lowest BCUT2D eigenvalue weighted by Gasteiger charge is -2.19. The van der Waals surface area contributed by atoms with Crippen LogP contribution in [-0.2, 0) is 4.74 Å². The topological polar surface area (TPSA) is 21.3 Å². The molecule has 1 aromatic rings. The monoisotopic (exact) mass is 160 g/mol. The first kappa shape index (κ1) is 7.37. The molecule has 1 N–H and O–H groups in total. The van der Waals surface area contributed by atoms with Crippen LogP contribution in [0.2, 0.25) is 0 Å². The van der Waals surface area contributed by atoms with Crippen molar-refractivity contribution in [1.82, 2.24) is 5.32 Å². The Morgan fingerprint density at radius 1 is 1.25 bits per heavy atom. The van der Waals surface area contributed by atoms with Crippen LogP contribution in [0.1, 0.15) is 11.1 Å². The summed E-state index contributed by atoms with van der Waals surface area (Å²) in [4.78, 5) is 0. The van der Waals surface area contributed by atoms with Crippen LogP contribution in [0.3, 0.4) is 0 Å². The first-order valence-electron chi connectivity index (χ1n) is 3.85. The van der Waals surface area contributed by atoms with Gasteiger partial charge in [0.1, 0.15) is 0 Å². The summed E-state index contributed by atoms with van der Waals surface area (Å²) in [5, 5.41) is 3.04. The maximum atomic E-state index is 5.17. The molecule has 1 aliphatic rings. The van der Waals surface area contributed by atoms with E-state index in [1.165, 1.54) is 5.56 Å². The summed E-state index contributed by atoms with van der Waals surface area (Å²) in [7, 11) is 1.66. The molecule has 0 bridgehead atoms. The zero-order valence-corrected chi connectivity index (χ0v) is 6.87. The zero-order valence-electron chi connectivity index (χ0n) is 6.87. The van der Waals surface area contributed by atoms with Gasteiger partial charge in [-0.25, -0.2) is 0 Å². The first-order chi connectivity index (χ1) is 5.92. The van der Waals surface area contributed by atoms with Crippen molar-refractivity contribution in [2.75, 3.05) is 7.11 Å². The zero-order chi connectivity index (χ0) is 8.39. The summed E-state index contributed by atoms with van der Waals surface area (Å²) in [6.45, 7) is 0. The minimum atomic E-state index is 0.813. The van der Waals surface area contributed by atoms with E-state index in [1.54, 1.807) is 7.11 Å². The maximum Gasteiger partial charge on any atom is 0.218 e. The lowest BCUT2D eigenvalue weighted by atomic mass is 10.0. The highest BCUT2D eigenvalue weighted by molar-refractivity contribution is 5.59. The van der Waals surface area contributed by atoms with Gasteiger partial charge in [-0.3, -0.25) is 0 Å². The minimum Gasteiger partial charge on any atom is -0.356 e. The molecule has 0 saturated heterocycles. The van der Waals surface area contributed by atoms with E-state index < -0.39 is 0 Å². The lowest BCUT2D eigenvalue weighted by Crippen LogP contribution is -2.21. The number of methoxy groups -OCH3 is 1. The van der Waals surface area contributed by atoms with Gasteiger partial charge in [-0.15, -0.1) is 0 Å². The van der Waals surface area contributed by atoms with Gasteiger partial charge < -0.3 is 10.1 Å². The molecule has 2 rings (SSSR count). The van der Waals surface area contributed by atoms with Crippen LogP contribution in [0.4, 0.5) is 0 Å². The van der Waals surface area contributed by atoms with E-state index in [0.29, 0.717) is 0 Å². The van der Waals surface area contributed by atoms with Crippen LogP contribution < -0.4 is 5.32 Å². The van der Waals surface area contributed by atoms with Crippen molar-refractivity contribution >= 4 is 6.08 Å². The molecule has 12 heavy (non-hydrogen) atoms. The van der Waals surface area contributed by atoms with Gasteiger partial charge >= 0.3 is 0 Å². The summed E-state index contributed by atoms with van der Waals surface area (Å²) in [5.41, 5.74) is 2.30. The second-order valence-electron chi connectivity index (χ2n) is 2.60. The molecule has 0 fully saturated rings. The summed E-state index contributed by atoms with van der Waals surface area (Å²) in [6, 6.07) is 8.11. The van der Waals surface area contributed by atoms with Crippen molar-refractivity contribution in [3.05, 3.63) is 47.8 Å². The number of rotatable bonds is 1. The molecule has 0 aliphatic carbocycles. The summed E-state index contributed by atoms with van der Waals surface area (Å²) in [5.74, 6) is 0. The van der Waals surface area contributed by atoms with Crippen molar-refractivity contribution in [2.45, 2.75) is 0 Å². The molecule has 1 aromatic carbocycles. The third kappa shape index (κ3) is 1.10. The van der Waals surface area contributed by atoms with Crippen molar-refractivity contribution in [1.29, 1.82) is 0 Å². The number of hydrogen-bond acceptors (Lipinski definition) is 2. The van der Waals surface area contributed by atoms with E-state index in [2.05, 4.69) is 11.4 Å². The van der Waals surface area contributed by atoms with Crippen LogP contribution in [-0.4, -0.2) is 7.11 Å². The van der Waals surface area contributed by atoms with Crippen LogP contribution in [0.25, 0.3) is 6.08 Å². The molecular formula is C10H10NO. The molecule has 0 saturated carbocycles. The quantitative estimate of drug-likeness (QED) is 0.675. The van der Waals surface area contributed by atoms with E-state index in [9.17, 15) is 0 Å². The fourth-order valence-electron chi connectivity index (χ4n) is 1.30. The van der Waals surface area contributed by atoms with Crippen molar-refractivity contribution in [2.24, 2.45) is 0 Å². The fourth-order valence-corrected chi connectivity index (χ4v) is 1.30. The smallest absolute Gasteiger partial charge is 0.218 e. The number of benzene rings is 1. The predicted octanol–water partition coefficient (Wildman–Crippen LogP) is 1.74. The van der Waals surface area contributed by atoms with Crippen molar-refractivity contribution in [3.8, 4) is 0 Å². The molecule has 1 aliphatic heterocycles. The Morgan fingerprint density at radius 3 is 2.92 bits per heavy atom. The number of fused-ring (bicyclic) bond motifs is 1. The van der Waals surface area contributed by atoms with Crippen LogP contribution >= 0.6 is 0 Å². The number of nitrogens with one attached hydrogen (secondary N) is 1. The highest BCUT2D eigenvalue weighted by Gasteiger charge is 2.15. The maximum absolute atomic E-state index is 5.17. The SMILES string of the molecule is CO[C]1NC=Cc2ccccc21. The highest BCUT2D eigenvalue weighted by Crippen LogP contribution is 2.22. The molecular weight excluding hydrogens is 150 g/mol. The predicted molar refractivity (Wildman–Crippen MR) is 48.0 cm³/mol. The third-order valence-corrected chi connectivity index (χ3v) is 1.89. The summed E-state index contributed by atoms with van der Waals surface area (Å²) >= 11 is 0. The Morgan fingerprint density at radius 2 is 2.08 bits per heavy atom. The van der Waals surface area contributed by atoms with E-state index in [0.717, 1.165) is 11.8 Å². The highest BCUT2D eigenvalue weighted by atomic mass is 16.5. The Kier molecular flexibility index (Phi) is 1.84. The van der Waals surface area contributed by atoms with E-state index in [-0.39, 0.29) is 0 Å². The second-order valence-corrected chi connectivity index (χ2v) is 2.60. The minimum absolute atomic E-state index is 0.813. The van der Waals surface area contributed by atoms with Crippen LogP contribution in [0.15, 0.2) is 30.5 Å². The fraction of sp³-hybridized carbons (Fsp3) is 0.100. The number of hydrogen-bond donors (Lipinski definition) is 1. The van der Waals surface area contributed by atoms with Crippen molar-refractivity contribution < 1.29 is 4.74 Å². The largest absolute Gasteiger partial charge is 0.356 e. The standard InChI is InChI=1S/C10H10NO/c1-12-10-9-5-3-2-4-8(9)6-7-11-10/h2-7,11H,1H3. The van der Waals surface area contributed by atoms with Gasteiger partial charge in [-0.2, -0.15) is 0 Å². The Hall–Kier alpha value is -1.28. The van der Waals surface area contributed by atoms with Gasteiger partial charge in [0, 0.05) is 12.7 Å². The summed E-state index contributed by atoms with van der Waals surface area (Å²) in [6.07, 6.45) is 4.71. The van der Waals surface area contributed by atoms with Gasteiger partial charge in [0.05, 0.1) is 0 Å². The van der Waals surface area contributed by atoms with Crippen LogP contribution in [0.5, 0.6) is 0 Å². The van der Waals surface area contributed by atoms with Gasteiger partial charge in [0.25, 0.3) is 0 Å². The van der Waals surface area contributed by atoms with Crippen molar-refractivity contribution in [3.63, 3.8) is 0 Å². The average Bonchev–Trinajstić information content (AvgIpc) is 2.17. The molecule has 0 aromatic heterocycles. The van der Waals surface area contributed by atoms with Gasteiger partial charge in [-0.05, 0) is 17.8 Å². The van der Waals surface area contributed by atoms with E-state index >= 15 is 0 Å². The number of ether oxygens (including phenoxy) is 1. The normalized spacial score (nSPS) is 15.4. The molecule has 1 radical (unpaired) electrons. The van der Waals surface area contributed by atoms with Gasteiger partial charge in [0.2, 0.25) is 6.23 Å². The molecule has 61 valence electrons. The van der Waals surface area contributed by atoms with E-state index in [4.69, 9.17) is 4.74 Å². The molecule has 0 spiro atoms. The molecule has 1 heterocycles. The Balaban J connectivity index is 2.45. The first-order valence-corrected chi connectivity index (χ1v) is 3.85. The molecule has 2 nitrogen and oxygen atoms in total. The second kappa shape index (κ2) is 2.99. The van der Waals surface area contributed by atoms with Crippen LogP contribution in [0, 0.1) is 6.23 Å². The lowest BCUT2D eigenvalue weighted by molar-refractivity contribution is 0.209. The Labute approximate surface area is 71.9 Å². The molecule has 0 unspecified atom stereocenters. The molecule has 2 heteroatoms. The van der Waals surface area contributed by atoms with E-state index in [1.807, 2.05) is 30.5 Å².